The molecule has 196 valence electrons. The average Bonchev–Trinajstić information content (AvgIpc) is 3.53. The summed E-state index contributed by atoms with van der Waals surface area (Å²) in [6, 6.07) is 11.1. The summed E-state index contributed by atoms with van der Waals surface area (Å²) in [5, 5.41) is 3.68. The van der Waals surface area contributed by atoms with E-state index in [0.717, 1.165) is 44.2 Å². The Morgan fingerprint density at radius 1 is 1.08 bits per heavy atom. The Hall–Kier alpha value is -3.76. The van der Waals surface area contributed by atoms with Crippen LogP contribution in [-0.4, -0.2) is 79.4 Å². The lowest BCUT2D eigenvalue weighted by molar-refractivity contribution is -0.121. The summed E-state index contributed by atoms with van der Waals surface area (Å²) in [6.45, 7) is 8.14. The van der Waals surface area contributed by atoms with Crippen LogP contribution in [0.4, 0.5) is 5.69 Å². The van der Waals surface area contributed by atoms with E-state index in [9.17, 15) is 9.59 Å². The van der Waals surface area contributed by atoms with E-state index in [1.165, 1.54) is 5.56 Å². The van der Waals surface area contributed by atoms with Crippen LogP contribution in [0.5, 0.6) is 17.2 Å². The molecule has 0 saturated carbocycles. The lowest BCUT2D eigenvalue weighted by atomic mass is 10.1. The van der Waals surface area contributed by atoms with Crippen LogP contribution in [0.25, 0.3) is 10.9 Å². The molecule has 10 nitrogen and oxygen atoms in total. The summed E-state index contributed by atoms with van der Waals surface area (Å²) in [4.78, 5) is 33.6. The summed E-state index contributed by atoms with van der Waals surface area (Å²) in [5.74, 6) is 1.51. The maximum absolute atomic E-state index is 13.3. The number of amides is 1. The molecule has 2 aliphatic heterocycles. The molecule has 2 aliphatic rings. The van der Waals surface area contributed by atoms with Crippen LogP contribution < -0.4 is 19.5 Å². The van der Waals surface area contributed by atoms with E-state index < -0.39 is 5.97 Å². The van der Waals surface area contributed by atoms with Gasteiger partial charge in [-0.05, 0) is 49.7 Å². The van der Waals surface area contributed by atoms with Crippen molar-refractivity contribution in [1.82, 2.24) is 14.8 Å². The van der Waals surface area contributed by atoms with Gasteiger partial charge in [0.2, 0.25) is 12.7 Å². The minimum atomic E-state index is -0.516. The topological polar surface area (TPSA) is 105 Å². The summed E-state index contributed by atoms with van der Waals surface area (Å²) in [6.07, 6.45) is 0. The van der Waals surface area contributed by atoms with Crippen molar-refractivity contribution in [2.45, 2.75) is 26.4 Å². The zero-order valence-corrected chi connectivity index (χ0v) is 21.3. The molecule has 2 N–H and O–H groups in total. The second-order valence-electron chi connectivity index (χ2n) is 9.17. The number of benzene rings is 2. The second kappa shape index (κ2) is 10.7. The minimum Gasteiger partial charge on any atom is -0.497 e. The Morgan fingerprint density at radius 3 is 2.62 bits per heavy atom. The Bertz CT molecular complexity index is 1300. The fraction of sp³-hybridized carbons (Fsp3) is 0.407. The van der Waals surface area contributed by atoms with Crippen LogP contribution >= 0.6 is 0 Å². The zero-order valence-electron chi connectivity index (χ0n) is 21.3. The third kappa shape index (κ3) is 5.21. The quantitative estimate of drug-likeness (QED) is 0.447. The number of carbonyl (C=O) groups is 2. The summed E-state index contributed by atoms with van der Waals surface area (Å²) in [5.41, 5.74) is 2.51. The molecule has 1 amide bonds. The number of aromatic nitrogens is 1. The summed E-state index contributed by atoms with van der Waals surface area (Å²) in [7, 11) is 1.58. The SMILES string of the molecule is CCOC(=O)c1[nH]c2ccc(OC)cc2c1NC(=O)C(C)N1CCN(Cc2ccc3c(c2)OCO3)CC1. The lowest BCUT2D eigenvalue weighted by Crippen LogP contribution is -2.52. The van der Waals surface area contributed by atoms with Gasteiger partial charge in [-0.2, -0.15) is 0 Å². The van der Waals surface area contributed by atoms with Gasteiger partial charge < -0.3 is 29.2 Å². The molecular weight excluding hydrogens is 476 g/mol. The number of H-pyrrole nitrogens is 1. The molecule has 1 saturated heterocycles. The van der Waals surface area contributed by atoms with Crippen LogP contribution in [0.2, 0.25) is 0 Å². The minimum absolute atomic E-state index is 0.182. The number of anilines is 1. The molecule has 3 heterocycles. The van der Waals surface area contributed by atoms with Gasteiger partial charge in [-0.25, -0.2) is 4.79 Å². The van der Waals surface area contributed by atoms with Gasteiger partial charge in [0.1, 0.15) is 11.4 Å². The number of methoxy groups -OCH3 is 1. The Balaban J connectivity index is 1.24. The van der Waals surface area contributed by atoms with Crippen molar-refractivity contribution in [2.75, 3.05) is 52.0 Å². The highest BCUT2D eigenvalue weighted by Gasteiger charge is 2.28. The van der Waals surface area contributed by atoms with E-state index in [-0.39, 0.29) is 31.0 Å². The largest absolute Gasteiger partial charge is 0.497 e. The third-order valence-corrected chi connectivity index (χ3v) is 6.91. The lowest BCUT2D eigenvalue weighted by Gasteiger charge is -2.37. The number of ether oxygens (including phenoxy) is 4. The van der Waals surface area contributed by atoms with Crippen LogP contribution in [0.3, 0.4) is 0 Å². The number of fused-ring (bicyclic) bond motifs is 2. The van der Waals surface area contributed by atoms with Crippen LogP contribution in [0.15, 0.2) is 36.4 Å². The summed E-state index contributed by atoms with van der Waals surface area (Å²) < 4.78 is 21.5. The number of hydrogen-bond donors (Lipinski definition) is 2. The number of aromatic amines is 1. The number of carbonyl (C=O) groups excluding carboxylic acids is 2. The van der Waals surface area contributed by atoms with Crippen molar-refractivity contribution in [3.63, 3.8) is 0 Å². The maximum Gasteiger partial charge on any atom is 0.356 e. The van der Waals surface area contributed by atoms with Gasteiger partial charge in [-0.15, -0.1) is 0 Å². The van der Waals surface area contributed by atoms with Gasteiger partial charge in [0.15, 0.2) is 11.5 Å². The fourth-order valence-corrected chi connectivity index (χ4v) is 4.78. The van der Waals surface area contributed by atoms with E-state index in [2.05, 4.69) is 26.2 Å². The smallest absolute Gasteiger partial charge is 0.356 e. The molecular formula is C27H32N4O6. The number of nitrogens with zero attached hydrogens (tertiary/aromatic N) is 2. The first-order valence-electron chi connectivity index (χ1n) is 12.5. The van der Waals surface area contributed by atoms with E-state index in [0.29, 0.717) is 22.3 Å². The number of piperazine rings is 1. The first kappa shape index (κ1) is 24.9. The molecule has 0 spiro atoms. The van der Waals surface area contributed by atoms with Gasteiger partial charge in [0.25, 0.3) is 0 Å². The molecule has 1 aromatic heterocycles. The Labute approximate surface area is 215 Å². The molecule has 0 bridgehead atoms. The molecule has 37 heavy (non-hydrogen) atoms. The highest BCUT2D eigenvalue weighted by molar-refractivity contribution is 6.12. The standard InChI is InChI=1S/C27H32N4O6/c1-4-35-27(33)25-24(20-14-19(34-3)6-7-21(20)28-25)29-26(32)17(2)31-11-9-30(10-12-31)15-18-5-8-22-23(13-18)37-16-36-22/h5-8,13-14,17,28H,4,9-12,15-16H2,1-3H3,(H,29,32). The van der Waals surface area contributed by atoms with Gasteiger partial charge in [0, 0.05) is 43.6 Å². The first-order valence-corrected chi connectivity index (χ1v) is 12.5. The van der Waals surface area contributed by atoms with Gasteiger partial charge in [-0.1, -0.05) is 6.07 Å². The predicted octanol–water partition coefficient (Wildman–Crippen LogP) is 3.23. The Kier molecular flexibility index (Phi) is 7.20. The van der Waals surface area contributed by atoms with Crippen molar-refractivity contribution < 1.29 is 28.5 Å². The normalized spacial score (nSPS) is 16.5. The van der Waals surface area contributed by atoms with E-state index in [4.69, 9.17) is 18.9 Å². The average molecular weight is 509 g/mol. The van der Waals surface area contributed by atoms with Gasteiger partial charge >= 0.3 is 5.97 Å². The number of rotatable bonds is 8. The number of hydrogen-bond acceptors (Lipinski definition) is 8. The highest BCUT2D eigenvalue weighted by atomic mass is 16.7. The second-order valence-corrected chi connectivity index (χ2v) is 9.17. The molecule has 3 aromatic rings. The van der Waals surface area contributed by atoms with Gasteiger partial charge in [0.05, 0.1) is 25.4 Å². The zero-order chi connectivity index (χ0) is 25.9. The molecule has 1 fully saturated rings. The van der Waals surface area contributed by atoms with Crippen molar-refractivity contribution in [1.29, 1.82) is 0 Å². The molecule has 0 aliphatic carbocycles. The highest BCUT2D eigenvalue weighted by Crippen LogP contribution is 2.33. The molecule has 0 radical (unpaired) electrons. The summed E-state index contributed by atoms with van der Waals surface area (Å²) >= 11 is 0. The maximum atomic E-state index is 13.3. The monoisotopic (exact) mass is 508 g/mol. The molecule has 5 rings (SSSR count). The first-order chi connectivity index (χ1) is 18.0. The molecule has 1 atom stereocenters. The van der Waals surface area contributed by atoms with E-state index in [1.54, 1.807) is 26.2 Å². The predicted molar refractivity (Wildman–Crippen MR) is 138 cm³/mol. The van der Waals surface area contributed by atoms with Gasteiger partial charge in [-0.3, -0.25) is 14.6 Å². The number of esters is 1. The van der Waals surface area contributed by atoms with Crippen molar-refractivity contribution in [2.24, 2.45) is 0 Å². The number of nitrogens with one attached hydrogen (secondary N) is 2. The molecule has 1 unspecified atom stereocenters. The van der Waals surface area contributed by atoms with Crippen LogP contribution in [-0.2, 0) is 16.1 Å². The van der Waals surface area contributed by atoms with Crippen LogP contribution in [0, 0.1) is 0 Å². The van der Waals surface area contributed by atoms with Crippen LogP contribution in [0.1, 0.15) is 29.9 Å². The fourth-order valence-electron chi connectivity index (χ4n) is 4.78. The third-order valence-electron chi connectivity index (χ3n) is 6.91. The molecule has 10 heteroatoms. The Morgan fingerprint density at radius 2 is 1.86 bits per heavy atom. The van der Waals surface area contributed by atoms with E-state index >= 15 is 0 Å². The van der Waals surface area contributed by atoms with Crippen molar-refractivity contribution in [3.8, 4) is 17.2 Å². The van der Waals surface area contributed by atoms with Crippen molar-refractivity contribution >= 4 is 28.5 Å². The van der Waals surface area contributed by atoms with Crippen molar-refractivity contribution in [3.05, 3.63) is 47.7 Å². The van der Waals surface area contributed by atoms with E-state index in [1.807, 2.05) is 25.1 Å². The molecule has 2 aromatic carbocycles.